The van der Waals surface area contributed by atoms with Crippen molar-refractivity contribution in [3.8, 4) is 0 Å². The van der Waals surface area contributed by atoms with E-state index in [0.717, 1.165) is 17.9 Å². The van der Waals surface area contributed by atoms with Crippen LogP contribution in [-0.4, -0.2) is 22.8 Å². The van der Waals surface area contributed by atoms with E-state index in [2.05, 4.69) is 52.0 Å². The standard InChI is InChI=1S/C13H18BrN/c1-11-4-2-3-5-12(11)10-15(9-8-14)13-6-7-13/h2-5,13H,6-10H2,1H3. The van der Waals surface area contributed by atoms with Crippen LogP contribution in [0.25, 0.3) is 0 Å². The summed E-state index contributed by atoms with van der Waals surface area (Å²) in [7, 11) is 0. The van der Waals surface area contributed by atoms with Crippen molar-refractivity contribution in [1.82, 2.24) is 4.90 Å². The lowest BCUT2D eigenvalue weighted by atomic mass is 10.1. The third-order valence-corrected chi connectivity index (χ3v) is 3.42. The highest BCUT2D eigenvalue weighted by atomic mass is 79.9. The van der Waals surface area contributed by atoms with E-state index in [0.29, 0.717) is 0 Å². The summed E-state index contributed by atoms with van der Waals surface area (Å²) >= 11 is 3.54. The molecule has 0 aliphatic heterocycles. The number of hydrogen-bond acceptors (Lipinski definition) is 1. The summed E-state index contributed by atoms with van der Waals surface area (Å²) in [6.45, 7) is 4.48. The van der Waals surface area contributed by atoms with Crippen LogP contribution in [0.4, 0.5) is 0 Å². The topological polar surface area (TPSA) is 3.24 Å². The molecule has 2 rings (SSSR count). The zero-order chi connectivity index (χ0) is 10.7. The molecular weight excluding hydrogens is 250 g/mol. The Balaban J connectivity index is 2.02. The Kier molecular flexibility index (Phi) is 3.81. The Morgan fingerprint density at radius 1 is 1.33 bits per heavy atom. The molecule has 0 amide bonds. The Labute approximate surface area is 101 Å². The van der Waals surface area contributed by atoms with Crippen molar-refractivity contribution in [2.45, 2.75) is 32.4 Å². The van der Waals surface area contributed by atoms with E-state index < -0.39 is 0 Å². The second-order valence-corrected chi connectivity index (χ2v) is 5.11. The van der Waals surface area contributed by atoms with E-state index >= 15 is 0 Å². The van der Waals surface area contributed by atoms with Gasteiger partial charge in [-0.2, -0.15) is 0 Å². The van der Waals surface area contributed by atoms with Crippen molar-refractivity contribution in [2.24, 2.45) is 0 Å². The Morgan fingerprint density at radius 3 is 2.67 bits per heavy atom. The Bertz CT molecular complexity index is 320. The number of alkyl halides is 1. The van der Waals surface area contributed by atoms with Crippen LogP contribution in [0.2, 0.25) is 0 Å². The molecule has 0 atom stereocenters. The molecule has 0 saturated heterocycles. The minimum absolute atomic E-state index is 0.849. The quantitative estimate of drug-likeness (QED) is 0.740. The highest BCUT2D eigenvalue weighted by molar-refractivity contribution is 9.09. The molecule has 1 fully saturated rings. The van der Waals surface area contributed by atoms with Crippen molar-refractivity contribution in [2.75, 3.05) is 11.9 Å². The fourth-order valence-electron chi connectivity index (χ4n) is 1.95. The predicted octanol–water partition coefficient (Wildman–Crippen LogP) is 3.35. The highest BCUT2D eigenvalue weighted by Crippen LogP contribution is 2.28. The van der Waals surface area contributed by atoms with Gasteiger partial charge < -0.3 is 0 Å². The minimum atomic E-state index is 0.849. The van der Waals surface area contributed by atoms with Crippen molar-refractivity contribution in [1.29, 1.82) is 0 Å². The second-order valence-electron chi connectivity index (χ2n) is 4.32. The summed E-state index contributed by atoms with van der Waals surface area (Å²) in [5.74, 6) is 0. The molecule has 0 N–H and O–H groups in total. The number of halogens is 1. The maximum absolute atomic E-state index is 3.54. The van der Waals surface area contributed by atoms with Gasteiger partial charge in [-0.15, -0.1) is 0 Å². The molecule has 82 valence electrons. The molecule has 1 aliphatic carbocycles. The molecule has 0 spiro atoms. The normalized spacial score (nSPS) is 15.9. The van der Waals surface area contributed by atoms with Crippen molar-refractivity contribution in [3.05, 3.63) is 35.4 Å². The van der Waals surface area contributed by atoms with Crippen LogP contribution >= 0.6 is 15.9 Å². The van der Waals surface area contributed by atoms with Crippen molar-refractivity contribution < 1.29 is 0 Å². The molecule has 2 heteroatoms. The molecule has 1 aromatic rings. The van der Waals surface area contributed by atoms with Gasteiger partial charge in [-0.1, -0.05) is 40.2 Å². The van der Waals surface area contributed by atoms with Crippen LogP contribution in [-0.2, 0) is 6.54 Å². The summed E-state index contributed by atoms with van der Waals surface area (Å²) in [4.78, 5) is 2.59. The van der Waals surface area contributed by atoms with Crippen LogP contribution < -0.4 is 0 Å². The molecule has 1 saturated carbocycles. The number of benzene rings is 1. The minimum Gasteiger partial charge on any atom is -0.295 e. The number of hydrogen-bond donors (Lipinski definition) is 0. The van der Waals surface area contributed by atoms with Gasteiger partial charge >= 0.3 is 0 Å². The van der Waals surface area contributed by atoms with Gasteiger partial charge in [0.25, 0.3) is 0 Å². The first-order chi connectivity index (χ1) is 7.31. The van der Waals surface area contributed by atoms with Crippen LogP contribution in [0.1, 0.15) is 24.0 Å². The maximum Gasteiger partial charge on any atom is 0.0239 e. The highest BCUT2D eigenvalue weighted by Gasteiger charge is 2.28. The lowest BCUT2D eigenvalue weighted by molar-refractivity contribution is 0.272. The Morgan fingerprint density at radius 2 is 2.07 bits per heavy atom. The third-order valence-electron chi connectivity index (χ3n) is 3.07. The van der Waals surface area contributed by atoms with Gasteiger partial charge in [0.2, 0.25) is 0 Å². The first-order valence-corrected chi connectivity index (χ1v) is 6.78. The SMILES string of the molecule is Cc1ccccc1CN(CCBr)C1CC1. The average molecular weight is 268 g/mol. The van der Waals surface area contributed by atoms with E-state index in [1.54, 1.807) is 0 Å². The molecule has 0 aromatic heterocycles. The predicted molar refractivity (Wildman–Crippen MR) is 68.4 cm³/mol. The summed E-state index contributed by atoms with van der Waals surface area (Å²) in [5, 5.41) is 1.08. The summed E-state index contributed by atoms with van der Waals surface area (Å²) in [5.41, 5.74) is 2.89. The van der Waals surface area contributed by atoms with Crippen molar-refractivity contribution in [3.63, 3.8) is 0 Å². The van der Waals surface area contributed by atoms with Gasteiger partial charge in [-0.3, -0.25) is 4.90 Å². The number of nitrogens with zero attached hydrogens (tertiary/aromatic N) is 1. The largest absolute Gasteiger partial charge is 0.295 e. The van der Waals surface area contributed by atoms with Gasteiger partial charge in [-0.05, 0) is 30.9 Å². The smallest absolute Gasteiger partial charge is 0.0239 e. The van der Waals surface area contributed by atoms with E-state index in [1.165, 1.54) is 30.5 Å². The van der Waals surface area contributed by atoms with Crippen LogP contribution in [0.5, 0.6) is 0 Å². The number of aryl methyl sites for hydroxylation is 1. The zero-order valence-corrected chi connectivity index (χ0v) is 10.8. The molecule has 15 heavy (non-hydrogen) atoms. The van der Waals surface area contributed by atoms with E-state index in [4.69, 9.17) is 0 Å². The molecular formula is C13H18BrN. The monoisotopic (exact) mass is 267 g/mol. The molecule has 0 bridgehead atoms. The van der Waals surface area contributed by atoms with E-state index in [1.807, 2.05) is 0 Å². The van der Waals surface area contributed by atoms with Gasteiger partial charge in [0.1, 0.15) is 0 Å². The lowest BCUT2D eigenvalue weighted by Gasteiger charge is -2.21. The summed E-state index contributed by atoms with van der Waals surface area (Å²) in [6.07, 6.45) is 2.78. The number of rotatable bonds is 5. The molecule has 1 nitrogen and oxygen atoms in total. The van der Waals surface area contributed by atoms with Crippen molar-refractivity contribution >= 4 is 15.9 Å². The molecule has 0 unspecified atom stereocenters. The molecule has 0 heterocycles. The Hall–Kier alpha value is -0.340. The maximum atomic E-state index is 3.54. The molecule has 1 aromatic carbocycles. The average Bonchev–Trinajstić information content (AvgIpc) is 3.04. The van der Waals surface area contributed by atoms with E-state index in [-0.39, 0.29) is 0 Å². The second kappa shape index (κ2) is 5.13. The van der Waals surface area contributed by atoms with Crippen LogP contribution in [0.3, 0.4) is 0 Å². The first kappa shape index (κ1) is 11.2. The molecule has 1 aliphatic rings. The van der Waals surface area contributed by atoms with Crippen LogP contribution in [0, 0.1) is 6.92 Å². The van der Waals surface area contributed by atoms with Gasteiger partial charge in [0.05, 0.1) is 0 Å². The fraction of sp³-hybridized carbons (Fsp3) is 0.538. The first-order valence-electron chi connectivity index (χ1n) is 5.66. The van der Waals surface area contributed by atoms with Gasteiger partial charge in [-0.25, -0.2) is 0 Å². The van der Waals surface area contributed by atoms with E-state index in [9.17, 15) is 0 Å². The summed E-state index contributed by atoms with van der Waals surface area (Å²) < 4.78 is 0. The van der Waals surface area contributed by atoms with Gasteiger partial charge in [0, 0.05) is 24.5 Å². The summed E-state index contributed by atoms with van der Waals surface area (Å²) in [6, 6.07) is 9.56. The zero-order valence-electron chi connectivity index (χ0n) is 9.25. The van der Waals surface area contributed by atoms with Gasteiger partial charge in [0.15, 0.2) is 0 Å². The lowest BCUT2D eigenvalue weighted by Crippen LogP contribution is -2.27. The fourth-order valence-corrected chi connectivity index (χ4v) is 2.40. The van der Waals surface area contributed by atoms with Crippen LogP contribution in [0.15, 0.2) is 24.3 Å². The third kappa shape index (κ3) is 3.05. The molecule has 0 radical (unpaired) electrons.